The zero-order chi connectivity index (χ0) is 14.5. The van der Waals surface area contributed by atoms with E-state index >= 15 is 0 Å². The Morgan fingerprint density at radius 2 is 1.70 bits per heavy atom. The molecule has 1 aliphatic rings. The van der Waals surface area contributed by atoms with E-state index in [1.807, 2.05) is 24.3 Å². The average Bonchev–Trinajstić information content (AvgIpc) is 2.47. The molecule has 1 aliphatic carbocycles. The predicted molar refractivity (Wildman–Crippen MR) is 81.5 cm³/mol. The maximum atomic E-state index is 11.5. The summed E-state index contributed by atoms with van der Waals surface area (Å²) in [7, 11) is 0. The topological polar surface area (TPSA) is 54.4 Å². The predicted octanol–water partition coefficient (Wildman–Crippen LogP) is 4.01. The second-order valence-electron chi connectivity index (χ2n) is 5.49. The van der Waals surface area contributed by atoms with Gasteiger partial charge in [-0.2, -0.15) is 0 Å². The average molecular weight is 339 g/mol. The van der Waals surface area contributed by atoms with Gasteiger partial charge in [0.2, 0.25) is 0 Å². The molecule has 0 aromatic heterocycles. The lowest BCUT2D eigenvalue weighted by molar-refractivity contribution is -0.138. The van der Waals surface area contributed by atoms with Crippen LogP contribution < -0.4 is 0 Å². The summed E-state index contributed by atoms with van der Waals surface area (Å²) in [4.78, 5) is 22.3. The second-order valence-corrected chi connectivity index (χ2v) is 6.06. The largest absolute Gasteiger partial charge is 0.481 e. The minimum Gasteiger partial charge on any atom is -0.481 e. The molecule has 2 rings (SSSR count). The number of carbonyl (C=O) groups is 2. The maximum Gasteiger partial charge on any atom is 0.303 e. The fraction of sp³-hybridized carbons (Fsp3) is 0.500. The first-order chi connectivity index (χ1) is 9.60. The SMILES string of the molecule is O=C(O)CC1CCC(c2ccc(C(=O)CBr)cc2)CC1. The summed E-state index contributed by atoms with van der Waals surface area (Å²) < 4.78 is 0. The Kier molecular flexibility index (Phi) is 5.35. The fourth-order valence-electron chi connectivity index (χ4n) is 2.97. The van der Waals surface area contributed by atoms with Crippen molar-refractivity contribution in [1.82, 2.24) is 0 Å². The molecule has 1 N–H and O–H groups in total. The highest BCUT2D eigenvalue weighted by molar-refractivity contribution is 9.09. The Morgan fingerprint density at radius 3 is 2.20 bits per heavy atom. The third-order valence-electron chi connectivity index (χ3n) is 4.14. The van der Waals surface area contributed by atoms with Crippen molar-refractivity contribution < 1.29 is 14.7 Å². The number of aliphatic carboxylic acids is 1. The Labute approximate surface area is 127 Å². The molecule has 20 heavy (non-hydrogen) atoms. The number of alkyl halides is 1. The number of carboxylic acids is 1. The van der Waals surface area contributed by atoms with Gasteiger partial charge in [0.05, 0.1) is 5.33 Å². The highest BCUT2D eigenvalue weighted by atomic mass is 79.9. The standard InChI is InChI=1S/C16H19BrO3/c17-10-15(18)14-7-5-13(6-8-14)12-3-1-11(2-4-12)9-16(19)20/h5-8,11-12H,1-4,9-10H2,(H,19,20). The van der Waals surface area contributed by atoms with Crippen molar-refractivity contribution in [2.24, 2.45) is 5.92 Å². The molecule has 0 aliphatic heterocycles. The number of rotatable bonds is 5. The first-order valence-electron chi connectivity index (χ1n) is 7.01. The Morgan fingerprint density at radius 1 is 1.10 bits per heavy atom. The van der Waals surface area contributed by atoms with Gasteiger partial charge in [0.25, 0.3) is 0 Å². The van der Waals surface area contributed by atoms with Crippen LogP contribution in [0.1, 0.15) is 53.9 Å². The van der Waals surface area contributed by atoms with Crippen LogP contribution in [0, 0.1) is 5.92 Å². The van der Waals surface area contributed by atoms with E-state index in [-0.39, 0.29) is 5.78 Å². The van der Waals surface area contributed by atoms with Gasteiger partial charge in [-0.15, -0.1) is 0 Å². The molecule has 4 heteroatoms. The molecule has 3 nitrogen and oxygen atoms in total. The summed E-state index contributed by atoms with van der Waals surface area (Å²) >= 11 is 3.18. The zero-order valence-corrected chi connectivity index (χ0v) is 12.9. The van der Waals surface area contributed by atoms with Gasteiger partial charge in [-0.05, 0) is 43.1 Å². The van der Waals surface area contributed by atoms with Crippen molar-refractivity contribution in [3.63, 3.8) is 0 Å². The monoisotopic (exact) mass is 338 g/mol. The Balaban J connectivity index is 1.93. The number of hydrogen-bond acceptors (Lipinski definition) is 2. The highest BCUT2D eigenvalue weighted by Crippen LogP contribution is 2.37. The summed E-state index contributed by atoms with van der Waals surface area (Å²) in [6, 6.07) is 7.86. The number of halogens is 1. The molecule has 0 unspecified atom stereocenters. The van der Waals surface area contributed by atoms with Crippen molar-refractivity contribution in [3.8, 4) is 0 Å². The summed E-state index contributed by atoms with van der Waals surface area (Å²) in [6.45, 7) is 0. The quantitative estimate of drug-likeness (QED) is 0.651. The minimum atomic E-state index is -0.689. The third kappa shape index (κ3) is 3.92. The number of benzene rings is 1. The Hall–Kier alpha value is -1.16. The van der Waals surface area contributed by atoms with Crippen LogP contribution in [0.4, 0.5) is 0 Å². The van der Waals surface area contributed by atoms with E-state index in [9.17, 15) is 9.59 Å². The maximum absolute atomic E-state index is 11.5. The molecule has 1 saturated carbocycles. The van der Waals surface area contributed by atoms with Crippen molar-refractivity contribution in [3.05, 3.63) is 35.4 Å². The molecule has 1 aromatic carbocycles. The third-order valence-corrected chi connectivity index (χ3v) is 4.64. The normalized spacial score (nSPS) is 22.4. The summed E-state index contributed by atoms with van der Waals surface area (Å²) in [5.41, 5.74) is 2.01. The molecule has 0 saturated heterocycles. The molecular formula is C16H19BrO3. The molecule has 0 atom stereocenters. The molecular weight excluding hydrogens is 320 g/mol. The molecule has 0 heterocycles. The van der Waals surface area contributed by atoms with Crippen LogP contribution in [0.15, 0.2) is 24.3 Å². The Bertz CT molecular complexity index is 473. The number of carbonyl (C=O) groups excluding carboxylic acids is 1. The first-order valence-corrected chi connectivity index (χ1v) is 8.13. The van der Waals surface area contributed by atoms with E-state index in [0.29, 0.717) is 23.6 Å². The van der Waals surface area contributed by atoms with E-state index in [4.69, 9.17) is 5.11 Å². The number of ketones is 1. The van der Waals surface area contributed by atoms with Crippen molar-refractivity contribution in [2.75, 3.05) is 5.33 Å². The number of hydrogen-bond donors (Lipinski definition) is 1. The van der Waals surface area contributed by atoms with Gasteiger partial charge in [0.15, 0.2) is 5.78 Å². The van der Waals surface area contributed by atoms with Gasteiger partial charge in [-0.1, -0.05) is 40.2 Å². The summed E-state index contributed by atoms with van der Waals surface area (Å²) in [5.74, 6) is 0.249. The lowest BCUT2D eigenvalue weighted by atomic mass is 9.77. The number of carboxylic acid groups (broad SMARTS) is 1. The molecule has 0 radical (unpaired) electrons. The van der Waals surface area contributed by atoms with E-state index in [2.05, 4.69) is 15.9 Å². The van der Waals surface area contributed by atoms with Crippen molar-refractivity contribution in [2.45, 2.75) is 38.0 Å². The summed E-state index contributed by atoms with van der Waals surface area (Å²) in [6.07, 6.45) is 4.36. The molecule has 1 fully saturated rings. The van der Waals surface area contributed by atoms with Crippen LogP contribution in [0.25, 0.3) is 0 Å². The fourth-order valence-corrected chi connectivity index (χ4v) is 3.29. The minimum absolute atomic E-state index is 0.0988. The zero-order valence-electron chi connectivity index (χ0n) is 11.3. The van der Waals surface area contributed by atoms with E-state index in [1.54, 1.807) is 0 Å². The van der Waals surface area contributed by atoms with Crippen molar-refractivity contribution >= 4 is 27.7 Å². The van der Waals surface area contributed by atoms with Crippen LogP contribution in [-0.2, 0) is 4.79 Å². The molecule has 1 aromatic rings. The molecule has 108 valence electrons. The highest BCUT2D eigenvalue weighted by Gasteiger charge is 2.23. The lowest BCUT2D eigenvalue weighted by Gasteiger charge is -2.28. The van der Waals surface area contributed by atoms with Gasteiger partial charge in [-0.3, -0.25) is 9.59 Å². The van der Waals surface area contributed by atoms with Gasteiger partial charge < -0.3 is 5.11 Å². The van der Waals surface area contributed by atoms with E-state index in [1.165, 1.54) is 5.56 Å². The van der Waals surface area contributed by atoms with Crippen LogP contribution >= 0.6 is 15.9 Å². The lowest BCUT2D eigenvalue weighted by Crippen LogP contribution is -2.16. The van der Waals surface area contributed by atoms with Crippen LogP contribution in [0.5, 0.6) is 0 Å². The van der Waals surface area contributed by atoms with Crippen LogP contribution in [0.3, 0.4) is 0 Å². The number of Topliss-reactive ketones (excluding diaryl/α,β-unsaturated/α-hetero) is 1. The van der Waals surface area contributed by atoms with Gasteiger partial charge >= 0.3 is 5.97 Å². The molecule has 0 amide bonds. The molecule has 0 spiro atoms. The first kappa shape index (κ1) is 15.2. The van der Waals surface area contributed by atoms with Gasteiger partial charge in [-0.25, -0.2) is 0 Å². The van der Waals surface area contributed by atoms with E-state index in [0.717, 1.165) is 31.2 Å². The van der Waals surface area contributed by atoms with Crippen LogP contribution in [-0.4, -0.2) is 22.2 Å². The molecule has 0 bridgehead atoms. The smallest absolute Gasteiger partial charge is 0.303 e. The summed E-state index contributed by atoms with van der Waals surface area (Å²) in [5, 5.41) is 9.17. The van der Waals surface area contributed by atoms with E-state index < -0.39 is 5.97 Å². The van der Waals surface area contributed by atoms with Gasteiger partial charge in [0, 0.05) is 12.0 Å². The van der Waals surface area contributed by atoms with Crippen molar-refractivity contribution in [1.29, 1.82) is 0 Å². The van der Waals surface area contributed by atoms with Crippen LogP contribution in [0.2, 0.25) is 0 Å². The second kappa shape index (κ2) is 7.02. The van der Waals surface area contributed by atoms with Gasteiger partial charge in [0.1, 0.15) is 0 Å².